The fraction of sp³-hybridized carbons (Fsp3) is 0.316. The van der Waals surface area contributed by atoms with Crippen LogP contribution in [-0.4, -0.2) is 45.2 Å². The van der Waals surface area contributed by atoms with Crippen molar-refractivity contribution in [1.82, 2.24) is 0 Å². The predicted octanol–water partition coefficient (Wildman–Crippen LogP) is 2.01. The number of Topliss-reactive ketones (excluding diaryl/α,β-unsaturated/α-hetero) is 1. The van der Waals surface area contributed by atoms with Crippen LogP contribution in [0, 0.1) is 11.3 Å². The van der Waals surface area contributed by atoms with Crippen LogP contribution in [0.4, 0.5) is 11.4 Å². The number of rotatable bonds is 7. The van der Waals surface area contributed by atoms with Gasteiger partial charge in [-0.25, -0.2) is 4.79 Å². The average molecular weight is 355 g/mol. The molecule has 7 nitrogen and oxygen atoms in total. The van der Waals surface area contributed by atoms with Crippen molar-refractivity contribution >= 4 is 23.1 Å². The molecule has 0 aliphatic carbocycles. The highest BCUT2D eigenvalue weighted by Crippen LogP contribution is 2.40. The van der Waals surface area contributed by atoms with E-state index >= 15 is 0 Å². The van der Waals surface area contributed by atoms with Crippen LogP contribution in [-0.2, 0) is 19.1 Å². The smallest absolute Gasteiger partial charge is 0.335 e. The van der Waals surface area contributed by atoms with Crippen molar-refractivity contribution in [3.8, 4) is 6.07 Å². The zero-order chi connectivity index (χ0) is 19.3. The van der Waals surface area contributed by atoms with E-state index in [0.717, 1.165) is 11.4 Å². The summed E-state index contributed by atoms with van der Waals surface area (Å²) in [6.07, 6.45) is 0.691. The van der Waals surface area contributed by atoms with Crippen LogP contribution in [0.25, 0.3) is 0 Å². The molecule has 7 heteroatoms. The molecule has 0 saturated carbocycles. The third-order valence-electron chi connectivity index (χ3n) is 4.00. The first-order chi connectivity index (χ1) is 12.4. The Balaban J connectivity index is 2.15. The Bertz CT molecular complexity index is 763. The number of para-hydroxylation sites is 2. The van der Waals surface area contributed by atoms with Gasteiger partial charge in [0.15, 0.2) is 12.7 Å². The van der Waals surface area contributed by atoms with Crippen LogP contribution in [0.2, 0.25) is 0 Å². The minimum absolute atomic E-state index is 0.0707. The summed E-state index contributed by atoms with van der Waals surface area (Å²) in [5.41, 5.74) is 1.70. The van der Waals surface area contributed by atoms with E-state index in [2.05, 4.69) is 6.58 Å². The minimum atomic E-state index is -0.819. The number of ether oxygens (including phenoxy) is 2. The molecule has 1 heterocycles. The molecule has 1 aromatic rings. The molecular formula is C19H21N3O4. The number of anilines is 2. The van der Waals surface area contributed by atoms with E-state index in [9.17, 15) is 14.9 Å². The van der Waals surface area contributed by atoms with Gasteiger partial charge in [-0.1, -0.05) is 18.2 Å². The van der Waals surface area contributed by atoms with Gasteiger partial charge in [0, 0.05) is 14.1 Å². The topological polar surface area (TPSA) is 82.9 Å². The first kappa shape index (κ1) is 19.2. The lowest BCUT2D eigenvalue weighted by molar-refractivity contribution is -0.157. The van der Waals surface area contributed by atoms with E-state index in [4.69, 9.17) is 9.47 Å². The number of carbonyl (C=O) groups is 2. The second-order valence-electron chi connectivity index (χ2n) is 5.71. The van der Waals surface area contributed by atoms with Gasteiger partial charge in [0.2, 0.25) is 5.78 Å². The standard InChI is InChI=1S/C19H21N3O4/c1-5-10-25-13(2)19(24)26-12-17(23)14(11-20)18-21(3)15-8-6-7-9-16(15)22(18)4/h5-9,13H,1,10,12H2,2-4H3. The predicted molar refractivity (Wildman–Crippen MR) is 97.5 cm³/mol. The van der Waals surface area contributed by atoms with E-state index in [1.165, 1.54) is 13.0 Å². The largest absolute Gasteiger partial charge is 0.455 e. The highest BCUT2D eigenvalue weighted by molar-refractivity contribution is 6.03. The van der Waals surface area contributed by atoms with Gasteiger partial charge in [0.1, 0.15) is 17.5 Å². The summed E-state index contributed by atoms with van der Waals surface area (Å²) in [4.78, 5) is 27.9. The maximum Gasteiger partial charge on any atom is 0.335 e. The van der Waals surface area contributed by atoms with Gasteiger partial charge in [0.25, 0.3) is 0 Å². The quantitative estimate of drug-likeness (QED) is 0.320. The maximum atomic E-state index is 12.5. The van der Waals surface area contributed by atoms with Crippen molar-refractivity contribution in [2.45, 2.75) is 13.0 Å². The molecule has 0 spiro atoms. The molecule has 0 saturated heterocycles. The Morgan fingerprint density at radius 1 is 1.27 bits per heavy atom. The Morgan fingerprint density at radius 2 is 1.85 bits per heavy atom. The number of carbonyl (C=O) groups excluding carboxylic acids is 2. The first-order valence-electron chi connectivity index (χ1n) is 8.05. The Labute approximate surface area is 152 Å². The zero-order valence-corrected chi connectivity index (χ0v) is 15.1. The van der Waals surface area contributed by atoms with E-state index < -0.39 is 24.5 Å². The van der Waals surface area contributed by atoms with Gasteiger partial charge in [-0.2, -0.15) is 5.26 Å². The number of hydrogen-bond donors (Lipinski definition) is 0. The Morgan fingerprint density at radius 3 is 2.35 bits per heavy atom. The third-order valence-corrected chi connectivity index (χ3v) is 4.00. The van der Waals surface area contributed by atoms with Crippen molar-refractivity contribution in [2.75, 3.05) is 37.1 Å². The average Bonchev–Trinajstić information content (AvgIpc) is 2.90. The minimum Gasteiger partial charge on any atom is -0.455 e. The highest BCUT2D eigenvalue weighted by atomic mass is 16.6. The Hall–Kier alpha value is -3.11. The maximum absolute atomic E-state index is 12.5. The number of fused-ring (bicyclic) bond motifs is 1. The molecule has 0 N–H and O–H groups in total. The molecule has 1 atom stereocenters. The summed E-state index contributed by atoms with van der Waals surface area (Å²) in [7, 11) is 3.55. The van der Waals surface area contributed by atoms with Crippen LogP contribution < -0.4 is 9.80 Å². The van der Waals surface area contributed by atoms with Gasteiger partial charge in [-0.3, -0.25) is 4.79 Å². The van der Waals surface area contributed by atoms with Gasteiger partial charge < -0.3 is 19.3 Å². The number of ketones is 1. The number of esters is 1. The van der Waals surface area contributed by atoms with E-state index in [0.29, 0.717) is 5.82 Å². The Kier molecular flexibility index (Phi) is 6.15. The van der Waals surface area contributed by atoms with Crippen LogP contribution in [0.5, 0.6) is 0 Å². The van der Waals surface area contributed by atoms with Gasteiger partial charge in [-0.05, 0) is 19.1 Å². The molecular weight excluding hydrogens is 334 g/mol. The molecule has 1 unspecified atom stereocenters. The normalized spacial score (nSPS) is 13.7. The lowest BCUT2D eigenvalue weighted by atomic mass is 10.2. The molecule has 0 fully saturated rings. The molecule has 0 bridgehead atoms. The first-order valence-corrected chi connectivity index (χ1v) is 8.05. The second-order valence-corrected chi connectivity index (χ2v) is 5.71. The lowest BCUT2D eigenvalue weighted by Crippen LogP contribution is -2.29. The van der Waals surface area contributed by atoms with Crippen LogP contribution in [0.3, 0.4) is 0 Å². The molecule has 26 heavy (non-hydrogen) atoms. The molecule has 136 valence electrons. The van der Waals surface area contributed by atoms with Gasteiger partial charge >= 0.3 is 5.97 Å². The fourth-order valence-electron chi connectivity index (χ4n) is 2.66. The zero-order valence-electron chi connectivity index (χ0n) is 15.1. The molecule has 0 aromatic heterocycles. The van der Waals surface area contributed by atoms with Crippen molar-refractivity contribution in [3.05, 3.63) is 48.3 Å². The monoisotopic (exact) mass is 355 g/mol. The van der Waals surface area contributed by atoms with Crippen LogP contribution in [0.1, 0.15) is 6.92 Å². The summed E-state index contributed by atoms with van der Waals surface area (Å²) in [5.74, 6) is -0.789. The number of hydrogen-bond acceptors (Lipinski definition) is 7. The molecule has 2 rings (SSSR count). The highest BCUT2D eigenvalue weighted by Gasteiger charge is 2.31. The van der Waals surface area contributed by atoms with Crippen LogP contribution in [0.15, 0.2) is 48.3 Å². The summed E-state index contributed by atoms with van der Waals surface area (Å²) in [6, 6.07) is 9.50. The van der Waals surface area contributed by atoms with Crippen LogP contribution >= 0.6 is 0 Å². The molecule has 0 radical (unpaired) electrons. The number of nitrogens with zero attached hydrogens (tertiary/aromatic N) is 3. The lowest BCUT2D eigenvalue weighted by Gasteiger charge is -2.20. The number of nitriles is 1. The molecule has 1 aliphatic heterocycles. The summed E-state index contributed by atoms with van der Waals surface area (Å²) < 4.78 is 10.1. The van der Waals surface area contributed by atoms with Gasteiger partial charge in [0.05, 0.1) is 18.0 Å². The van der Waals surface area contributed by atoms with Crippen molar-refractivity contribution in [1.29, 1.82) is 5.26 Å². The molecule has 1 aliphatic rings. The fourth-order valence-corrected chi connectivity index (χ4v) is 2.66. The summed E-state index contributed by atoms with van der Waals surface area (Å²) >= 11 is 0. The van der Waals surface area contributed by atoms with Gasteiger partial charge in [-0.15, -0.1) is 6.58 Å². The molecule has 0 amide bonds. The van der Waals surface area contributed by atoms with E-state index in [1.54, 1.807) is 23.9 Å². The molecule has 1 aromatic carbocycles. The third kappa shape index (κ3) is 3.76. The van der Waals surface area contributed by atoms with E-state index in [1.807, 2.05) is 30.3 Å². The van der Waals surface area contributed by atoms with Crippen molar-refractivity contribution < 1.29 is 19.1 Å². The van der Waals surface area contributed by atoms with E-state index in [-0.39, 0.29) is 12.2 Å². The van der Waals surface area contributed by atoms with Crippen molar-refractivity contribution in [2.24, 2.45) is 0 Å². The summed E-state index contributed by atoms with van der Waals surface area (Å²) in [5, 5.41) is 9.50. The SMILES string of the molecule is C=CCOC(C)C(=O)OCC(=O)C(C#N)=C1N(C)c2ccccc2N1C. The number of benzene rings is 1. The van der Waals surface area contributed by atoms with Crippen molar-refractivity contribution in [3.63, 3.8) is 0 Å². The summed E-state index contributed by atoms with van der Waals surface area (Å²) in [6.45, 7) is 4.69. The second kappa shape index (κ2) is 8.32.